The molecule has 1 N–H and O–H groups in total. The second-order valence-electron chi connectivity index (χ2n) is 6.90. The van der Waals surface area contributed by atoms with Gasteiger partial charge in [0.25, 0.3) is 11.7 Å². The highest BCUT2D eigenvalue weighted by Crippen LogP contribution is 2.43. The summed E-state index contributed by atoms with van der Waals surface area (Å²) in [6.45, 7) is 0.0284. The molecule has 1 fully saturated rings. The van der Waals surface area contributed by atoms with Crippen LogP contribution in [0.1, 0.15) is 22.9 Å². The van der Waals surface area contributed by atoms with Crippen molar-refractivity contribution in [2.24, 2.45) is 0 Å². The molecule has 1 unspecified atom stereocenters. The molecule has 31 heavy (non-hydrogen) atoms. The molecule has 0 radical (unpaired) electrons. The van der Waals surface area contributed by atoms with Gasteiger partial charge in [0.1, 0.15) is 17.3 Å². The van der Waals surface area contributed by atoms with E-state index < -0.39 is 17.7 Å². The number of Topliss-reactive ketones (excluding diaryl/α,β-unsaturated/α-hetero) is 1. The fourth-order valence-corrected chi connectivity index (χ4v) is 4.08. The second kappa shape index (κ2) is 8.49. The number of methoxy groups -OCH3 is 1. The molecule has 6 nitrogen and oxygen atoms in total. The number of amides is 1. The van der Waals surface area contributed by atoms with Crippen LogP contribution in [0.5, 0.6) is 5.75 Å². The third-order valence-electron chi connectivity index (χ3n) is 5.07. The maximum absolute atomic E-state index is 13.0. The summed E-state index contributed by atoms with van der Waals surface area (Å²) in [7, 11) is 1.53. The lowest BCUT2D eigenvalue weighted by Crippen LogP contribution is -2.29. The van der Waals surface area contributed by atoms with Crippen molar-refractivity contribution in [3.05, 3.63) is 93.4 Å². The number of carbonyl (C=O) groups excluding carboxylic acids is 2. The van der Waals surface area contributed by atoms with Gasteiger partial charge in [-0.25, -0.2) is 0 Å². The number of hydrogen-bond donors (Lipinski definition) is 1. The number of ketones is 1. The highest BCUT2D eigenvalue weighted by molar-refractivity contribution is 6.47. The van der Waals surface area contributed by atoms with Crippen LogP contribution in [-0.2, 0) is 16.1 Å². The Kier molecular flexibility index (Phi) is 5.76. The molecule has 1 saturated heterocycles. The molecular weight excluding hydrogens is 441 g/mol. The molecule has 0 bridgehead atoms. The molecule has 1 amide bonds. The van der Waals surface area contributed by atoms with Crippen LogP contribution in [0.2, 0.25) is 10.0 Å². The third-order valence-corrected chi connectivity index (χ3v) is 5.63. The van der Waals surface area contributed by atoms with E-state index in [-0.39, 0.29) is 22.9 Å². The highest BCUT2D eigenvalue weighted by atomic mass is 35.5. The van der Waals surface area contributed by atoms with Crippen molar-refractivity contribution in [3.8, 4) is 5.75 Å². The van der Waals surface area contributed by atoms with Crippen molar-refractivity contribution in [2.45, 2.75) is 12.6 Å². The Morgan fingerprint density at radius 3 is 2.48 bits per heavy atom. The zero-order chi connectivity index (χ0) is 22.1. The maximum atomic E-state index is 13.0. The van der Waals surface area contributed by atoms with Crippen molar-refractivity contribution < 1.29 is 23.8 Å². The van der Waals surface area contributed by atoms with Gasteiger partial charge in [-0.1, -0.05) is 29.3 Å². The van der Waals surface area contributed by atoms with E-state index in [1.165, 1.54) is 24.3 Å². The molecule has 3 aromatic rings. The summed E-state index contributed by atoms with van der Waals surface area (Å²) in [4.78, 5) is 27.3. The SMILES string of the molecule is COc1ccc(C(O)=C2C(=O)C(=O)N(Cc3ccco3)C2c2ccc(Cl)cc2Cl)cc1. The average molecular weight is 458 g/mol. The van der Waals surface area contributed by atoms with Gasteiger partial charge in [-0.2, -0.15) is 0 Å². The van der Waals surface area contributed by atoms with E-state index in [2.05, 4.69) is 0 Å². The van der Waals surface area contributed by atoms with Crippen LogP contribution in [0.25, 0.3) is 5.76 Å². The standard InChI is InChI=1S/C23H17Cl2NO5/c1-30-15-7-4-13(5-8-15)21(27)19-20(17-9-6-14(24)11-18(17)25)26(23(29)22(19)28)12-16-3-2-10-31-16/h2-11,20,27H,12H2,1H3. The predicted octanol–water partition coefficient (Wildman–Crippen LogP) is 5.22. The summed E-state index contributed by atoms with van der Waals surface area (Å²) in [5.74, 6) is -0.800. The van der Waals surface area contributed by atoms with Gasteiger partial charge in [-0.05, 0) is 54.1 Å². The van der Waals surface area contributed by atoms with Gasteiger partial charge in [-0.3, -0.25) is 9.59 Å². The van der Waals surface area contributed by atoms with Crippen LogP contribution in [0.4, 0.5) is 0 Å². The fourth-order valence-electron chi connectivity index (χ4n) is 3.56. The number of hydrogen-bond acceptors (Lipinski definition) is 5. The molecule has 1 aliphatic rings. The summed E-state index contributed by atoms with van der Waals surface area (Å²) in [6, 6.07) is 13.8. The molecule has 0 aliphatic carbocycles. The summed E-state index contributed by atoms with van der Waals surface area (Å²) in [6.07, 6.45) is 1.48. The third kappa shape index (κ3) is 3.92. The smallest absolute Gasteiger partial charge is 0.296 e. The van der Waals surface area contributed by atoms with E-state index in [1.807, 2.05) is 0 Å². The maximum Gasteiger partial charge on any atom is 0.296 e. The van der Waals surface area contributed by atoms with Gasteiger partial charge >= 0.3 is 0 Å². The Morgan fingerprint density at radius 1 is 1.13 bits per heavy atom. The Labute approximate surface area is 188 Å². The van der Waals surface area contributed by atoms with Gasteiger partial charge in [0, 0.05) is 15.6 Å². The average Bonchev–Trinajstić information content (AvgIpc) is 3.36. The first kappa shape index (κ1) is 21.0. The van der Waals surface area contributed by atoms with Crippen molar-refractivity contribution in [1.29, 1.82) is 0 Å². The van der Waals surface area contributed by atoms with Gasteiger partial charge in [0.2, 0.25) is 0 Å². The molecule has 4 rings (SSSR count). The van der Waals surface area contributed by atoms with Crippen molar-refractivity contribution in [3.63, 3.8) is 0 Å². The normalized spacial score (nSPS) is 17.9. The Hall–Kier alpha value is -3.22. The number of carbonyl (C=O) groups is 2. The minimum Gasteiger partial charge on any atom is -0.507 e. The van der Waals surface area contributed by atoms with Gasteiger partial charge in [0.15, 0.2) is 0 Å². The van der Waals surface area contributed by atoms with Crippen LogP contribution in [0.3, 0.4) is 0 Å². The molecule has 1 aliphatic heterocycles. The van der Waals surface area contributed by atoms with Crippen molar-refractivity contribution >= 4 is 40.7 Å². The van der Waals surface area contributed by atoms with E-state index in [0.717, 1.165) is 0 Å². The number of likely N-dealkylation sites (tertiary alicyclic amines) is 1. The molecule has 1 aromatic heterocycles. The van der Waals surface area contributed by atoms with E-state index >= 15 is 0 Å². The number of halogens is 2. The Morgan fingerprint density at radius 2 is 1.87 bits per heavy atom. The van der Waals surface area contributed by atoms with E-state index in [4.69, 9.17) is 32.4 Å². The van der Waals surface area contributed by atoms with Crippen molar-refractivity contribution in [2.75, 3.05) is 7.11 Å². The van der Waals surface area contributed by atoms with Gasteiger partial charge in [-0.15, -0.1) is 0 Å². The largest absolute Gasteiger partial charge is 0.507 e. The molecular formula is C23H17Cl2NO5. The zero-order valence-electron chi connectivity index (χ0n) is 16.3. The lowest BCUT2D eigenvalue weighted by atomic mass is 9.95. The summed E-state index contributed by atoms with van der Waals surface area (Å²) in [5.41, 5.74) is 0.768. The first-order valence-electron chi connectivity index (χ1n) is 9.31. The van der Waals surface area contributed by atoms with Crippen LogP contribution >= 0.6 is 23.2 Å². The van der Waals surface area contributed by atoms with Gasteiger partial charge < -0.3 is 19.2 Å². The number of furan rings is 1. The molecule has 0 spiro atoms. The summed E-state index contributed by atoms with van der Waals surface area (Å²) >= 11 is 12.5. The van der Waals surface area contributed by atoms with Crippen molar-refractivity contribution in [1.82, 2.24) is 4.90 Å². The summed E-state index contributed by atoms with van der Waals surface area (Å²) in [5, 5.41) is 11.7. The predicted molar refractivity (Wildman–Crippen MR) is 116 cm³/mol. The first-order chi connectivity index (χ1) is 14.9. The number of benzene rings is 2. The van der Waals surface area contributed by atoms with Crippen LogP contribution < -0.4 is 4.74 Å². The topological polar surface area (TPSA) is 80.0 Å². The first-order valence-corrected chi connectivity index (χ1v) is 10.1. The number of ether oxygens (including phenoxy) is 1. The molecule has 1 atom stereocenters. The second-order valence-corrected chi connectivity index (χ2v) is 7.74. The van der Waals surface area contributed by atoms with E-state index in [9.17, 15) is 14.7 Å². The van der Waals surface area contributed by atoms with Gasteiger partial charge in [0.05, 0.1) is 31.5 Å². The number of aliphatic hydroxyl groups excluding tert-OH is 1. The number of nitrogens with zero attached hydrogens (tertiary/aromatic N) is 1. The molecule has 0 saturated carbocycles. The molecule has 2 heterocycles. The Bertz CT molecular complexity index is 1170. The minimum absolute atomic E-state index is 0.0284. The van der Waals surface area contributed by atoms with Crippen LogP contribution in [-0.4, -0.2) is 28.8 Å². The monoisotopic (exact) mass is 457 g/mol. The minimum atomic E-state index is -0.919. The summed E-state index contributed by atoms with van der Waals surface area (Å²) < 4.78 is 10.5. The van der Waals surface area contributed by atoms with E-state index in [1.54, 1.807) is 48.5 Å². The number of rotatable bonds is 5. The van der Waals surface area contributed by atoms with Crippen LogP contribution in [0, 0.1) is 0 Å². The number of aliphatic hydroxyl groups is 1. The molecule has 8 heteroatoms. The molecule has 158 valence electrons. The van der Waals surface area contributed by atoms with Crippen LogP contribution in [0.15, 0.2) is 70.9 Å². The lowest BCUT2D eigenvalue weighted by molar-refractivity contribution is -0.140. The molecule has 2 aromatic carbocycles. The Balaban J connectivity index is 1.88. The lowest BCUT2D eigenvalue weighted by Gasteiger charge is -2.25. The fraction of sp³-hybridized carbons (Fsp3) is 0.130. The highest BCUT2D eigenvalue weighted by Gasteiger charge is 2.47. The quantitative estimate of drug-likeness (QED) is 0.322. The zero-order valence-corrected chi connectivity index (χ0v) is 17.9. The van der Waals surface area contributed by atoms with E-state index in [0.29, 0.717) is 27.7 Å².